The number of hydrogen-bond acceptors (Lipinski definition) is 5. The van der Waals surface area contributed by atoms with Gasteiger partial charge in [-0.2, -0.15) is 4.98 Å². The number of aromatic nitrogens is 4. The smallest absolute Gasteiger partial charge is 0.276 e. The minimum absolute atomic E-state index is 0.437. The van der Waals surface area contributed by atoms with E-state index in [4.69, 9.17) is 10.3 Å². The van der Waals surface area contributed by atoms with Crippen molar-refractivity contribution < 1.29 is 4.52 Å². The number of anilines is 1. The van der Waals surface area contributed by atoms with Gasteiger partial charge in [-0.3, -0.25) is 0 Å². The summed E-state index contributed by atoms with van der Waals surface area (Å²) in [5.74, 6) is 0.950. The Kier molecular flexibility index (Phi) is 2.33. The van der Waals surface area contributed by atoms with Gasteiger partial charge < -0.3 is 14.8 Å². The molecule has 3 aromatic rings. The van der Waals surface area contributed by atoms with Crippen molar-refractivity contribution in [3.63, 3.8) is 0 Å². The predicted octanol–water partition coefficient (Wildman–Crippen LogP) is 1.72. The first-order valence-electron chi connectivity index (χ1n) is 5.40. The van der Waals surface area contributed by atoms with Crippen LogP contribution in [0.15, 0.2) is 41.3 Å². The average Bonchev–Trinajstić information content (AvgIpc) is 2.97. The van der Waals surface area contributed by atoms with E-state index in [1.807, 2.05) is 29.8 Å². The molecule has 0 spiro atoms. The molecule has 2 aromatic heterocycles. The van der Waals surface area contributed by atoms with Crippen molar-refractivity contribution in [3.05, 3.63) is 36.8 Å². The molecule has 0 unspecified atom stereocenters. The number of nitrogens with two attached hydrogens (primary N) is 1. The second kappa shape index (κ2) is 3.99. The fraction of sp³-hybridized carbons (Fsp3) is 0.0833. The quantitative estimate of drug-likeness (QED) is 0.691. The van der Waals surface area contributed by atoms with Gasteiger partial charge in [0.15, 0.2) is 0 Å². The van der Waals surface area contributed by atoms with Crippen LogP contribution in [-0.2, 0) is 7.05 Å². The maximum atomic E-state index is 5.72. The van der Waals surface area contributed by atoms with Crippen LogP contribution in [0.5, 0.6) is 0 Å². The number of aryl methyl sites for hydroxylation is 1. The van der Waals surface area contributed by atoms with E-state index in [-0.39, 0.29) is 0 Å². The molecule has 18 heavy (non-hydrogen) atoms. The van der Waals surface area contributed by atoms with E-state index in [1.54, 1.807) is 18.6 Å². The van der Waals surface area contributed by atoms with E-state index < -0.39 is 0 Å². The molecule has 1 aromatic carbocycles. The molecule has 0 saturated heterocycles. The van der Waals surface area contributed by atoms with Crippen molar-refractivity contribution in [2.75, 3.05) is 5.73 Å². The van der Waals surface area contributed by atoms with Crippen LogP contribution >= 0.6 is 0 Å². The molecule has 0 fully saturated rings. The van der Waals surface area contributed by atoms with Crippen molar-refractivity contribution in [3.8, 4) is 23.0 Å². The molecule has 6 nitrogen and oxygen atoms in total. The molecule has 0 aliphatic rings. The number of hydrogen-bond donors (Lipinski definition) is 1. The van der Waals surface area contributed by atoms with Crippen LogP contribution in [0.2, 0.25) is 0 Å². The van der Waals surface area contributed by atoms with Gasteiger partial charge >= 0.3 is 0 Å². The van der Waals surface area contributed by atoms with Crippen LogP contribution in [0, 0.1) is 0 Å². The summed E-state index contributed by atoms with van der Waals surface area (Å²) in [5.41, 5.74) is 7.99. The summed E-state index contributed by atoms with van der Waals surface area (Å²) in [6.07, 6.45) is 3.36. The molecule has 3 rings (SSSR count). The second-order valence-corrected chi connectivity index (χ2v) is 3.94. The van der Waals surface area contributed by atoms with E-state index in [0.717, 1.165) is 11.3 Å². The zero-order chi connectivity index (χ0) is 12.5. The van der Waals surface area contributed by atoms with Gasteiger partial charge in [0.1, 0.15) is 5.69 Å². The highest BCUT2D eigenvalue weighted by Gasteiger charge is 2.13. The van der Waals surface area contributed by atoms with Crippen molar-refractivity contribution in [1.29, 1.82) is 0 Å². The maximum absolute atomic E-state index is 5.72. The third-order valence-electron chi connectivity index (χ3n) is 2.61. The van der Waals surface area contributed by atoms with Crippen LogP contribution in [-0.4, -0.2) is 19.7 Å². The van der Waals surface area contributed by atoms with Crippen molar-refractivity contribution in [1.82, 2.24) is 19.7 Å². The Bertz CT molecular complexity index is 685. The van der Waals surface area contributed by atoms with Gasteiger partial charge in [-0.05, 0) is 12.1 Å². The lowest BCUT2D eigenvalue weighted by Gasteiger charge is -1.95. The summed E-state index contributed by atoms with van der Waals surface area (Å²) in [4.78, 5) is 8.34. The Morgan fingerprint density at radius 1 is 1.33 bits per heavy atom. The standard InChI is InChI=1S/C12H11N5O/c1-17-7-14-6-10(17)12-15-11(16-18-12)8-3-2-4-9(13)5-8/h2-7H,13H2,1H3. The van der Waals surface area contributed by atoms with Gasteiger partial charge in [-0.25, -0.2) is 4.98 Å². The van der Waals surface area contributed by atoms with E-state index in [2.05, 4.69) is 15.1 Å². The molecule has 6 heteroatoms. The zero-order valence-corrected chi connectivity index (χ0v) is 9.74. The molecule has 0 aliphatic carbocycles. The molecule has 0 bridgehead atoms. The monoisotopic (exact) mass is 241 g/mol. The summed E-state index contributed by atoms with van der Waals surface area (Å²) < 4.78 is 7.04. The highest BCUT2D eigenvalue weighted by molar-refractivity contribution is 5.62. The van der Waals surface area contributed by atoms with E-state index in [0.29, 0.717) is 17.4 Å². The van der Waals surface area contributed by atoms with Crippen molar-refractivity contribution in [2.24, 2.45) is 7.05 Å². The number of nitrogen functional groups attached to an aromatic ring is 1. The number of imidazole rings is 1. The summed E-state index contributed by atoms with van der Waals surface area (Å²) >= 11 is 0. The van der Waals surface area contributed by atoms with Gasteiger partial charge in [-0.1, -0.05) is 17.3 Å². The first-order chi connectivity index (χ1) is 8.74. The first kappa shape index (κ1) is 10.5. The van der Waals surface area contributed by atoms with Crippen molar-refractivity contribution >= 4 is 5.69 Å². The second-order valence-electron chi connectivity index (χ2n) is 3.94. The van der Waals surface area contributed by atoms with Crippen LogP contribution in [0.3, 0.4) is 0 Å². The largest absolute Gasteiger partial charge is 0.399 e. The number of nitrogens with zero attached hydrogens (tertiary/aromatic N) is 4. The topological polar surface area (TPSA) is 82.8 Å². The molecule has 0 atom stereocenters. The lowest BCUT2D eigenvalue weighted by molar-refractivity contribution is 0.429. The maximum Gasteiger partial charge on any atom is 0.276 e. The molecular weight excluding hydrogens is 230 g/mol. The molecule has 0 radical (unpaired) electrons. The molecular formula is C12H11N5O. The highest BCUT2D eigenvalue weighted by Crippen LogP contribution is 2.22. The van der Waals surface area contributed by atoms with Gasteiger partial charge in [0.25, 0.3) is 5.89 Å². The van der Waals surface area contributed by atoms with Gasteiger partial charge in [0.05, 0.1) is 12.5 Å². The van der Waals surface area contributed by atoms with E-state index in [1.165, 1.54) is 0 Å². The lowest BCUT2D eigenvalue weighted by Crippen LogP contribution is -1.89. The van der Waals surface area contributed by atoms with E-state index in [9.17, 15) is 0 Å². The summed E-state index contributed by atoms with van der Waals surface area (Å²) in [6, 6.07) is 7.35. The van der Waals surface area contributed by atoms with Gasteiger partial charge in [0, 0.05) is 18.3 Å². The van der Waals surface area contributed by atoms with Crippen LogP contribution in [0.1, 0.15) is 0 Å². The summed E-state index contributed by atoms with van der Waals surface area (Å²) in [7, 11) is 1.87. The summed E-state index contributed by atoms with van der Waals surface area (Å²) in [5, 5.41) is 3.94. The van der Waals surface area contributed by atoms with Crippen LogP contribution in [0.4, 0.5) is 5.69 Å². The Labute approximate surface area is 103 Å². The average molecular weight is 241 g/mol. The Morgan fingerprint density at radius 2 is 2.22 bits per heavy atom. The first-order valence-corrected chi connectivity index (χ1v) is 5.40. The Hall–Kier alpha value is -2.63. The molecule has 0 aliphatic heterocycles. The fourth-order valence-electron chi connectivity index (χ4n) is 1.69. The lowest BCUT2D eigenvalue weighted by atomic mass is 10.2. The highest BCUT2D eigenvalue weighted by atomic mass is 16.5. The van der Waals surface area contributed by atoms with Crippen molar-refractivity contribution in [2.45, 2.75) is 0 Å². The molecule has 0 amide bonds. The Balaban J connectivity index is 2.02. The molecule has 90 valence electrons. The minimum atomic E-state index is 0.437. The van der Waals surface area contributed by atoms with E-state index >= 15 is 0 Å². The zero-order valence-electron chi connectivity index (χ0n) is 9.74. The fourth-order valence-corrected chi connectivity index (χ4v) is 1.69. The molecule has 0 saturated carbocycles. The third-order valence-corrected chi connectivity index (χ3v) is 2.61. The molecule has 2 heterocycles. The minimum Gasteiger partial charge on any atom is -0.399 e. The number of rotatable bonds is 2. The van der Waals surface area contributed by atoms with Gasteiger partial charge in [0.2, 0.25) is 5.82 Å². The van der Waals surface area contributed by atoms with Crippen LogP contribution in [0.25, 0.3) is 23.0 Å². The number of benzene rings is 1. The van der Waals surface area contributed by atoms with Gasteiger partial charge in [-0.15, -0.1) is 0 Å². The molecule has 2 N–H and O–H groups in total. The third kappa shape index (κ3) is 1.73. The predicted molar refractivity (Wildman–Crippen MR) is 66.3 cm³/mol. The van der Waals surface area contributed by atoms with Crippen LogP contribution < -0.4 is 5.73 Å². The summed E-state index contributed by atoms with van der Waals surface area (Å²) in [6.45, 7) is 0. The Morgan fingerprint density at radius 3 is 2.94 bits per heavy atom. The SMILES string of the molecule is Cn1cncc1-c1nc(-c2cccc(N)c2)no1. The normalized spacial score (nSPS) is 10.7.